The number of ether oxygens (including phenoxy) is 1. The maximum atomic E-state index is 11.8. The zero-order valence-electron chi connectivity index (χ0n) is 9.47. The van der Waals surface area contributed by atoms with Crippen molar-refractivity contribution in [3.05, 3.63) is 58.9 Å². The van der Waals surface area contributed by atoms with E-state index in [9.17, 15) is 4.79 Å². The van der Waals surface area contributed by atoms with Gasteiger partial charge in [-0.15, -0.1) is 0 Å². The fourth-order valence-corrected chi connectivity index (χ4v) is 1.71. The molecule has 2 rings (SSSR count). The zero-order chi connectivity index (χ0) is 13.0. The topological polar surface area (TPSA) is 65.2 Å². The van der Waals surface area contributed by atoms with Crippen molar-refractivity contribution in [1.29, 1.82) is 0 Å². The van der Waals surface area contributed by atoms with Crippen LogP contribution in [0, 0.1) is 0 Å². The second kappa shape index (κ2) is 5.51. The minimum atomic E-state index is -0.552. The van der Waals surface area contributed by atoms with Gasteiger partial charge in [-0.05, 0) is 24.3 Å². The van der Waals surface area contributed by atoms with E-state index in [1.54, 1.807) is 36.5 Å². The van der Waals surface area contributed by atoms with Crippen molar-refractivity contribution in [3.8, 4) is 0 Å². The molecule has 18 heavy (non-hydrogen) atoms. The third-order valence-electron chi connectivity index (χ3n) is 2.33. The molecule has 1 aromatic heterocycles. The summed E-state index contributed by atoms with van der Waals surface area (Å²) < 4.78 is 5.11. The Bertz CT molecular complexity index is 538. The maximum Gasteiger partial charge on any atom is 0.342 e. The van der Waals surface area contributed by atoms with Crippen molar-refractivity contribution in [2.75, 3.05) is 5.73 Å². The molecule has 0 amide bonds. The highest BCUT2D eigenvalue weighted by Gasteiger charge is 2.15. The van der Waals surface area contributed by atoms with Crippen molar-refractivity contribution >= 4 is 23.3 Å². The molecule has 0 fully saturated rings. The number of aromatic nitrogens is 1. The molecule has 0 atom stereocenters. The molecule has 4 nitrogen and oxygen atoms in total. The second-order valence-electron chi connectivity index (χ2n) is 3.60. The quantitative estimate of drug-likeness (QED) is 0.682. The number of esters is 1. The largest absolute Gasteiger partial charge is 0.455 e. The predicted molar refractivity (Wildman–Crippen MR) is 69.2 cm³/mol. The Labute approximate surface area is 109 Å². The lowest BCUT2D eigenvalue weighted by Crippen LogP contribution is -2.09. The highest BCUT2D eigenvalue weighted by Crippen LogP contribution is 2.22. The molecule has 0 aliphatic rings. The summed E-state index contributed by atoms with van der Waals surface area (Å²) in [5.41, 5.74) is 6.84. The normalized spacial score (nSPS) is 10.1. The standard InChI is InChI=1S/C13H11ClN2O2/c14-10-5-3-6-11(15)12(10)13(17)18-8-9-4-1-2-7-16-9/h1-7H,8,15H2. The number of carbonyl (C=O) groups is 1. The number of benzene rings is 1. The molecule has 0 spiro atoms. The first kappa shape index (κ1) is 12.4. The van der Waals surface area contributed by atoms with Crippen molar-refractivity contribution in [3.63, 3.8) is 0 Å². The molecule has 1 heterocycles. The number of nitrogens with two attached hydrogens (primary N) is 1. The van der Waals surface area contributed by atoms with E-state index in [1.165, 1.54) is 0 Å². The SMILES string of the molecule is Nc1cccc(Cl)c1C(=O)OCc1ccccn1. The van der Waals surface area contributed by atoms with Crippen molar-refractivity contribution in [1.82, 2.24) is 4.98 Å². The van der Waals surface area contributed by atoms with Crippen LogP contribution in [0.5, 0.6) is 0 Å². The first-order valence-electron chi connectivity index (χ1n) is 5.29. The lowest BCUT2D eigenvalue weighted by atomic mass is 10.2. The minimum Gasteiger partial charge on any atom is -0.455 e. The van der Waals surface area contributed by atoms with Crippen LogP contribution in [0.1, 0.15) is 16.1 Å². The number of hydrogen-bond acceptors (Lipinski definition) is 4. The molecule has 2 N–H and O–H groups in total. The third kappa shape index (κ3) is 2.78. The van der Waals surface area contributed by atoms with Gasteiger partial charge >= 0.3 is 5.97 Å². The summed E-state index contributed by atoms with van der Waals surface area (Å²) in [5.74, 6) is -0.552. The highest BCUT2D eigenvalue weighted by molar-refractivity contribution is 6.34. The van der Waals surface area contributed by atoms with E-state index in [2.05, 4.69) is 4.98 Å². The smallest absolute Gasteiger partial charge is 0.342 e. The zero-order valence-corrected chi connectivity index (χ0v) is 10.2. The summed E-state index contributed by atoms with van der Waals surface area (Å²) in [6, 6.07) is 10.2. The lowest BCUT2D eigenvalue weighted by molar-refractivity contribution is 0.0469. The van der Waals surface area contributed by atoms with Gasteiger partial charge in [0.2, 0.25) is 0 Å². The Balaban J connectivity index is 2.09. The fourth-order valence-electron chi connectivity index (χ4n) is 1.45. The monoisotopic (exact) mass is 262 g/mol. The van der Waals surface area contributed by atoms with Crippen molar-refractivity contribution in [2.24, 2.45) is 0 Å². The average Bonchev–Trinajstić information content (AvgIpc) is 2.37. The lowest BCUT2D eigenvalue weighted by Gasteiger charge is -2.08. The number of halogens is 1. The van der Waals surface area contributed by atoms with Crippen LogP contribution >= 0.6 is 11.6 Å². The second-order valence-corrected chi connectivity index (χ2v) is 4.01. The van der Waals surface area contributed by atoms with Gasteiger partial charge in [0, 0.05) is 11.9 Å². The summed E-state index contributed by atoms with van der Waals surface area (Å²) >= 11 is 5.91. The number of pyridine rings is 1. The van der Waals surface area contributed by atoms with Gasteiger partial charge in [-0.3, -0.25) is 4.98 Å². The number of hydrogen-bond donors (Lipinski definition) is 1. The van der Waals surface area contributed by atoms with E-state index in [1.807, 2.05) is 6.07 Å². The Morgan fingerprint density at radius 1 is 1.28 bits per heavy atom. The molecule has 2 aromatic rings. The molecule has 92 valence electrons. The van der Waals surface area contributed by atoms with Crippen molar-refractivity contribution in [2.45, 2.75) is 6.61 Å². The average molecular weight is 263 g/mol. The van der Waals surface area contributed by atoms with Gasteiger partial charge < -0.3 is 10.5 Å². The Hall–Kier alpha value is -2.07. The molecule has 0 bridgehead atoms. The summed E-state index contributed by atoms with van der Waals surface area (Å²) in [7, 11) is 0. The van der Waals surface area contributed by atoms with Gasteiger partial charge in [0.25, 0.3) is 0 Å². The number of anilines is 1. The molecule has 5 heteroatoms. The Kier molecular flexibility index (Phi) is 3.79. The molecule has 1 aromatic carbocycles. The van der Waals surface area contributed by atoms with E-state index in [-0.39, 0.29) is 17.2 Å². The fraction of sp³-hybridized carbons (Fsp3) is 0.0769. The summed E-state index contributed by atoms with van der Waals surface area (Å²) in [6.45, 7) is 0.0876. The van der Waals surface area contributed by atoms with E-state index < -0.39 is 5.97 Å². The van der Waals surface area contributed by atoms with Gasteiger partial charge in [0.1, 0.15) is 12.2 Å². The number of rotatable bonds is 3. The van der Waals surface area contributed by atoms with Crippen LogP contribution in [0.4, 0.5) is 5.69 Å². The van der Waals surface area contributed by atoms with E-state index in [0.29, 0.717) is 11.4 Å². The number of carbonyl (C=O) groups excluding carboxylic acids is 1. The van der Waals surface area contributed by atoms with Crippen LogP contribution in [0.25, 0.3) is 0 Å². The van der Waals surface area contributed by atoms with E-state index in [4.69, 9.17) is 22.1 Å². The Morgan fingerprint density at radius 2 is 2.11 bits per heavy atom. The molecule has 0 unspecified atom stereocenters. The van der Waals surface area contributed by atoms with Gasteiger partial charge in [-0.25, -0.2) is 4.79 Å². The highest BCUT2D eigenvalue weighted by atomic mass is 35.5. The van der Waals surface area contributed by atoms with Gasteiger partial charge in [-0.2, -0.15) is 0 Å². The predicted octanol–water partition coefficient (Wildman–Crippen LogP) is 2.67. The maximum absolute atomic E-state index is 11.8. The molecule has 0 saturated carbocycles. The van der Waals surface area contributed by atoms with E-state index in [0.717, 1.165) is 0 Å². The van der Waals surface area contributed by atoms with Crippen LogP contribution in [0.15, 0.2) is 42.6 Å². The van der Waals surface area contributed by atoms with Gasteiger partial charge in [-0.1, -0.05) is 23.7 Å². The minimum absolute atomic E-state index is 0.0876. The van der Waals surface area contributed by atoms with Crippen molar-refractivity contribution < 1.29 is 9.53 Å². The molecular weight excluding hydrogens is 252 g/mol. The van der Waals surface area contributed by atoms with Crippen LogP contribution in [0.2, 0.25) is 5.02 Å². The summed E-state index contributed by atoms with van der Waals surface area (Å²) in [4.78, 5) is 15.9. The molecule has 0 aliphatic carbocycles. The molecule has 0 radical (unpaired) electrons. The first-order valence-corrected chi connectivity index (χ1v) is 5.67. The number of nitrogens with zero attached hydrogens (tertiary/aromatic N) is 1. The van der Waals surface area contributed by atoms with Crippen LogP contribution in [-0.2, 0) is 11.3 Å². The van der Waals surface area contributed by atoms with Gasteiger partial charge in [0.05, 0.1) is 10.7 Å². The van der Waals surface area contributed by atoms with E-state index >= 15 is 0 Å². The third-order valence-corrected chi connectivity index (χ3v) is 2.64. The van der Waals surface area contributed by atoms with Crippen LogP contribution < -0.4 is 5.73 Å². The molecule has 0 saturated heterocycles. The summed E-state index contributed by atoms with van der Waals surface area (Å²) in [5, 5.41) is 0.279. The molecular formula is C13H11ClN2O2. The first-order chi connectivity index (χ1) is 8.68. The van der Waals surface area contributed by atoms with Crippen LogP contribution in [0.3, 0.4) is 0 Å². The van der Waals surface area contributed by atoms with Crippen LogP contribution in [-0.4, -0.2) is 11.0 Å². The Morgan fingerprint density at radius 3 is 2.78 bits per heavy atom. The van der Waals surface area contributed by atoms with Gasteiger partial charge in [0.15, 0.2) is 0 Å². The molecule has 0 aliphatic heterocycles. The summed E-state index contributed by atoms with van der Waals surface area (Å²) in [6.07, 6.45) is 1.63. The number of nitrogen functional groups attached to an aromatic ring is 1.